The molecule has 0 aliphatic carbocycles. The van der Waals surface area contributed by atoms with Gasteiger partial charge in [0.05, 0.1) is 34.5 Å². The van der Waals surface area contributed by atoms with Crippen molar-refractivity contribution in [1.82, 2.24) is 0 Å². The van der Waals surface area contributed by atoms with Crippen LogP contribution in [0.5, 0.6) is 17.2 Å². The van der Waals surface area contributed by atoms with Crippen molar-refractivity contribution < 1.29 is 14.2 Å². The number of hydrogen-bond donors (Lipinski definition) is 0. The predicted molar refractivity (Wildman–Crippen MR) is 334 cm³/mol. The molecule has 3 aromatic carbocycles. The molecule has 75 heavy (non-hydrogen) atoms. The minimum Gasteiger partial charge on any atom is -0.494 e. The molecular weight excluding hydrogens is 1030 g/mol. The van der Waals surface area contributed by atoms with Gasteiger partial charge in [-0.15, -0.1) is 68.0 Å². The molecule has 0 atom stereocenters. The molecule has 0 saturated heterocycles. The second kappa shape index (κ2) is 29.1. The summed E-state index contributed by atoms with van der Waals surface area (Å²) >= 11 is 11.2. The van der Waals surface area contributed by atoms with E-state index in [0.717, 1.165) is 56.3 Å². The molecular formula is C66H74O3S6. The Kier molecular flexibility index (Phi) is 21.4. The average Bonchev–Trinajstić information content (AvgIpc) is 4.31. The van der Waals surface area contributed by atoms with Crippen LogP contribution in [-0.2, 0) is 0 Å². The van der Waals surface area contributed by atoms with Crippen LogP contribution in [0.25, 0.3) is 82.2 Å². The topological polar surface area (TPSA) is 27.7 Å². The molecule has 0 spiro atoms. The molecule has 9 heteroatoms. The van der Waals surface area contributed by atoms with E-state index in [1.165, 1.54) is 178 Å². The Morgan fingerprint density at radius 1 is 0.293 bits per heavy atom. The Bertz CT molecular complexity index is 3030. The first-order chi connectivity index (χ1) is 37.1. The highest BCUT2D eigenvalue weighted by atomic mass is 32.1. The first-order valence-corrected chi connectivity index (χ1v) is 32.9. The number of unbranched alkanes of at least 4 members (excludes halogenated alkanes) is 15. The Labute approximate surface area is 472 Å². The summed E-state index contributed by atoms with van der Waals surface area (Å²) in [5.41, 5.74) is 7.48. The van der Waals surface area contributed by atoms with Crippen molar-refractivity contribution in [2.45, 2.75) is 136 Å². The zero-order chi connectivity index (χ0) is 51.4. The second-order valence-electron chi connectivity index (χ2n) is 19.6. The van der Waals surface area contributed by atoms with E-state index < -0.39 is 0 Å². The van der Waals surface area contributed by atoms with Gasteiger partial charge in [0.25, 0.3) is 0 Å². The van der Waals surface area contributed by atoms with Crippen LogP contribution in [0.15, 0.2) is 138 Å². The van der Waals surface area contributed by atoms with Crippen molar-refractivity contribution in [3.63, 3.8) is 0 Å². The van der Waals surface area contributed by atoms with E-state index in [9.17, 15) is 0 Å². The molecule has 0 fully saturated rings. The van der Waals surface area contributed by atoms with Gasteiger partial charge in [-0.3, -0.25) is 0 Å². The van der Waals surface area contributed by atoms with Crippen molar-refractivity contribution in [2.75, 3.05) is 19.8 Å². The third kappa shape index (κ3) is 15.3. The average molecular weight is 1110 g/mol. The van der Waals surface area contributed by atoms with Crippen LogP contribution in [-0.4, -0.2) is 19.8 Å². The summed E-state index contributed by atoms with van der Waals surface area (Å²) in [6.45, 7) is 9.13. The summed E-state index contributed by atoms with van der Waals surface area (Å²) in [6, 6.07) is 47.2. The summed E-state index contributed by atoms with van der Waals surface area (Å²) in [7, 11) is 0. The zero-order valence-electron chi connectivity index (χ0n) is 44.3. The molecule has 0 aliphatic rings. The molecule has 0 aliphatic heterocycles. The lowest BCUT2D eigenvalue weighted by molar-refractivity contribution is 0.304. The van der Waals surface area contributed by atoms with Crippen LogP contribution in [0.2, 0.25) is 0 Å². The van der Waals surface area contributed by atoms with Crippen LogP contribution >= 0.6 is 68.0 Å². The maximum Gasteiger partial charge on any atom is 0.119 e. The number of thiophene rings is 6. The monoisotopic (exact) mass is 1110 g/mol. The Hall–Kier alpha value is -4.74. The molecule has 9 aromatic rings. The van der Waals surface area contributed by atoms with Crippen LogP contribution in [0.4, 0.5) is 0 Å². The third-order valence-corrected chi connectivity index (χ3v) is 21.0. The van der Waals surface area contributed by atoms with Crippen LogP contribution in [0.3, 0.4) is 0 Å². The Morgan fingerprint density at radius 2 is 0.680 bits per heavy atom. The highest BCUT2D eigenvalue weighted by molar-refractivity contribution is 7.30. The highest BCUT2D eigenvalue weighted by Crippen LogP contribution is 2.52. The van der Waals surface area contributed by atoms with Gasteiger partial charge in [0, 0.05) is 50.8 Å². The van der Waals surface area contributed by atoms with Crippen molar-refractivity contribution in [3.05, 3.63) is 138 Å². The third-order valence-electron chi connectivity index (χ3n) is 13.8. The van der Waals surface area contributed by atoms with Gasteiger partial charge in [0.2, 0.25) is 0 Å². The molecule has 392 valence electrons. The van der Waals surface area contributed by atoms with Gasteiger partial charge in [0.15, 0.2) is 0 Å². The molecule has 6 heterocycles. The lowest BCUT2D eigenvalue weighted by Crippen LogP contribution is -1.97. The fourth-order valence-corrected chi connectivity index (χ4v) is 16.1. The van der Waals surface area contributed by atoms with E-state index in [0.29, 0.717) is 0 Å². The van der Waals surface area contributed by atoms with Crippen LogP contribution < -0.4 is 14.2 Å². The van der Waals surface area contributed by atoms with Crippen molar-refractivity contribution in [2.24, 2.45) is 0 Å². The molecule has 0 amide bonds. The van der Waals surface area contributed by atoms with Crippen LogP contribution in [0.1, 0.15) is 136 Å². The van der Waals surface area contributed by atoms with E-state index in [2.05, 4.69) is 159 Å². The highest BCUT2D eigenvalue weighted by Gasteiger charge is 2.21. The predicted octanol–water partition coefficient (Wildman–Crippen LogP) is 23.6. The molecule has 0 bridgehead atoms. The standard InChI is InChI=1S/C66H74O3S6/c1-4-7-10-13-16-19-41-67-51-30-24-48(25-31-51)54-40-45-71-64(54)60-38-36-57(72-60)63-47-56(50-28-34-53(35-29-50)69-43-21-18-15-12-9-6-3)66(75-63)61-39-37-58(73-61)62-46-55(65(74-62)59-23-22-44-70-59)49-26-32-52(33-27-49)68-42-20-17-14-11-8-5-2/h22-40,44-47H,4-21,41-43H2,1-3H3. The largest absolute Gasteiger partial charge is 0.494 e. The summed E-state index contributed by atoms with van der Waals surface area (Å²) in [6.07, 6.45) is 22.7. The van der Waals surface area contributed by atoms with E-state index in [-0.39, 0.29) is 0 Å². The SMILES string of the molecule is CCCCCCCCOc1ccc(-c2ccsc2-c2ccc(-c3cc(-c4ccc(OCCCCCCCC)cc4)c(-c4ccc(-c5cc(-c6ccc(OCCCCCCCC)cc6)c(-c6cccs6)s5)s4)s3)s2)cc1. The molecule has 0 saturated carbocycles. The van der Waals surface area contributed by atoms with Gasteiger partial charge < -0.3 is 14.2 Å². The smallest absolute Gasteiger partial charge is 0.119 e. The number of ether oxygens (including phenoxy) is 3. The number of rotatable bonds is 32. The fraction of sp³-hybridized carbons (Fsp3) is 0.364. The Balaban J connectivity index is 0.953. The maximum atomic E-state index is 6.27. The molecule has 0 radical (unpaired) electrons. The van der Waals surface area contributed by atoms with Crippen molar-refractivity contribution >= 4 is 68.0 Å². The minimum atomic E-state index is 0.765. The van der Waals surface area contributed by atoms with Gasteiger partial charge in [-0.25, -0.2) is 0 Å². The van der Waals surface area contributed by atoms with Crippen molar-refractivity contribution in [3.8, 4) is 99.4 Å². The van der Waals surface area contributed by atoms with Crippen LogP contribution in [0, 0.1) is 0 Å². The normalized spacial score (nSPS) is 11.5. The second-order valence-corrected chi connectivity index (χ2v) is 25.7. The lowest BCUT2D eigenvalue weighted by atomic mass is 10.0. The number of benzene rings is 3. The lowest BCUT2D eigenvalue weighted by Gasteiger charge is -2.08. The number of hydrogen-bond acceptors (Lipinski definition) is 9. The minimum absolute atomic E-state index is 0.765. The van der Waals surface area contributed by atoms with E-state index in [1.807, 2.05) is 68.0 Å². The van der Waals surface area contributed by atoms with Gasteiger partial charge >= 0.3 is 0 Å². The first kappa shape index (κ1) is 55.0. The van der Waals surface area contributed by atoms with E-state index in [4.69, 9.17) is 14.2 Å². The van der Waals surface area contributed by atoms with Gasteiger partial charge in [0.1, 0.15) is 17.2 Å². The van der Waals surface area contributed by atoms with E-state index >= 15 is 0 Å². The van der Waals surface area contributed by atoms with Gasteiger partial charge in [-0.2, -0.15) is 0 Å². The Morgan fingerprint density at radius 3 is 1.11 bits per heavy atom. The fourth-order valence-electron chi connectivity index (χ4n) is 9.55. The molecule has 6 aromatic heterocycles. The molecule has 0 N–H and O–H groups in total. The quantitative estimate of drug-likeness (QED) is 0.0393. The summed E-state index contributed by atoms with van der Waals surface area (Å²) < 4.78 is 18.6. The van der Waals surface area contributed by atoms with E-state index in [1.54, 1.807) is 0 Å². The zero-order valence-corrected chi connectivity index (χ0v) is 49.2. The van der Waals surface area contributed by atoms with Crippen molar-refractivity contribution in [1.29, 1.82) is 0 Å². The summed E-state index contributed by atoms with van der Waals surface area (Å²) in [5, 5.41) is 4.42. The molecule has 9 rings (SSSR count). The van der Waals surface area contributed by atoms with Gasteiger partial charge in [-0.1, -0.05) is 160 Å². The van der Waals surface area contributed by atoms with Gasteiger partial charge in [-0.05, 0) is 132 Å². The summed E-state index contributed by atoms with van der Waals surface area (Å²) in [5.74, 6) is 2.84. The maximum absolute atomic E-state index is 6.27. The summed E-state index contributed by atoms with van der Waals surface area (Å²) in [4.78, 5) is 13.0. The molecule has 0 unspecified atom stereocenters. The first-order valence-electron chi connectivity index (χ1n) is 27.9. The molecule has 3 nitrogen and oxygen atoms in total.